The normalized spacial score (nSPS) is 10.8. The zero-order chi connectivity index (χ0) is 20.4. The van der Waals surface area contributed by atoms with E-state index in [0.717, 1.165) is 17.1 Å². The number of amides is 1. The van der Waals surface area contributed by atoms with E-state index in [-0.39, 0.29) is 18.0 Å². The molecule has 0 spiro atoms. The minimum absolute atomic E-state index is 0.187. The fourth-order valence-electron chi connectivity index (χ4n) is 2.77. The summed E-state index contributed by atoms with van der Waals surface area (Å²) in [5.74, 6) is 0.124. The minimum Gasteiger partial charge on any atom is -0.495 e. The fourth-order valence-corrected chi connectivity index (χ4v) is 3.83. The van der Waals surface area contributed by atoms with E-state index in [2.05, 4.69) is 19.7 Å². The van der Waals surface area contributed by atoms with Gasteiger partial charge in [-0.2, -0.15) is 4.37 Å². The largest absolute Gasteiger partial charge is 0.495 e. The monoisotopic (exact) mass is 427 g/mol. The number of fused-ring (bicyclic) bond motifs is 1. The lowest BCUT2D eigenvalue weighted by Gasteiger charge is -2.09. The van der Waals surface area contributed by atoms with Crippen LogP contribution in [-0.2, 0) is 11.3 Å². The van der Waals surface area contributed by atoms with E-state index in [1.807, 2.05) is 0 Å². The van der Waals surface area contributed by atoms with Crippen molar-refractivity contribution in [3.63, 3.8) is 0 Å². The maximum absolute atomic E-state index is 12.8. The molecule has 1 aromatic carbocycles. The van der Waals surface area contributed by atoms with Gasteiger partial charge in [-0.25, -0.2) is 4.98 Å². The van der Waals surface area contributed by atoms with E-state index in [1.54, 1.807) is 42.7 Å². The molecule has 0 aliphatic heterocycles. The van der Waals surface area contributed by atoms with Crippen molar-refractivity contribution in [1.82, 2.24) is 18.9 Å². The molecule has 0 fully saturated rings. The standard InChI is InChI=1S/C19H14ClN5O3S/c1-28-14-3-2-12(8-13(14)20)23-15(26)9-25-10-22-17-16(11-4-6-21-7-5-11)24-29-18(17)19(25)27/h2-8,10H,9H2,1H3,(H,23,26). The highest BCUT2D eigenvalue weighted by molar-refractivity contribution is 7.13. The summed E-state index contributed by atoms with van der Waals surface area (Å²) < 4.78 is 11.1. The average molecular weight is 428 g/mol. The molecule has 0 aliphatic carbocycles. The van der Waals surface area contributed by atoms with E-state index in [0.29, 0.717) is 32.4 Å². The van der Waals surface area contributed by atoms with Crippen LogP contribution in [0.15, 0.2) is 53.8 Å². The number of carbonyl (C=O) groups is 1. The van der Waals surface area contributed by atoms with Crippen molar-refractivity contribution < 1.29 is 9.53 Å². The highest BCUT2D eigenvalue weighted by Crippen LogP contribution is 2.28. The molecule has 4 rings (SSSR count). The van der Waals surface area contributed by atoms with Crippen LogP contribution in [0.4, 0.5) is 5.69 Å². The quantitative estimate of drug-likeness (QED) is 0.525. The number of benzene rings is 1. The van der Waals surface area contributed by atoms with Crippen LogP contribution in [0, 0.1) is 0 Å². The summed E-state index contributed by atoms with van der Waals surface area (Å²) in [5.41, 5.74) is 2.13. The number of carbonyl (C=O) groups excluding carboxylic acids is 1. The van der Waals surface area contributed by atoms with E-state index in [9.17, 15) is 9.59 Å². The Bertz CT molecular complexity index is 1260. The van der Waals surface area contributed by atoms with Gasteiger partial charge < -0.3 is 10.1 Å². The van der Waals surface area contributed by atoms with Gasteiger partial charge in [0, 0.05) is 23.6 Å². The second-order valence-electron chi connectivity index (χ2n) is 6.02. The van der Waals surface area contributed by atoms with Crippen LogP contribution in [0.25, 0.3) is 21.5 Å². The number of nitrogens with one attached hydrogen (secondary N) is 1. The summed E-state index contributed by atoms with van der Waals surface area (Å²) in [5, 5.41) is 3.08. The van der Waals surface area contributed by atoms with Crippen molar-refractivity contribution >= 4 is 44.9 Å². The van der Waals surface area contributed by atoms with Gasteiger partial charge in [-0.3, -0.25) is 19.1 Å². The van der Waals surface area contributed by atoms with Crippen molar-refractivity contribution in [1.29, 1.82) is 0 Å². The summed E-state index contributed by atoms with van der Waals surface area (Å²) in [6, 6.07) is 8.49. The molecule has 29 heavy (non-hydrogen) atoms. The summed E-state index contributed by atoms with van der Waals surface area (Å²) in [7, 11) is 1.51. The topological polar surface area (TPSA) is 99.0 Å². The Labute approximate surface area is 173 Å². The summed E-state index contributed by atoms with van der Waals surface area (Å²) >= 11 is 7.12. The Balaban J connectivity index is 1.57. The number of ether oxygens (including phenoxy) is 1. The molecule has 0 saturated carbocycles. The number of hydrogen-bond acceptors (Lipinski definition) is 7. The van der Waals surface area contributed by atoms with Gasteiger partial charge in [-0.05, 0) is 41.9 Å². The number of halogens is 1. The van der Waals surface area contributed by atoms with Gasteiger partial charge in [0.2, 0.25) is 5.91 Å². The number of aromatic nitrogens is 4. The lowest BCUT2D eigenvalue weighted by Crippen LogP contribution is -2.27. The van der Waals surface area contributed by atoms with Crippen molar-refractivity contribution in [2.24, 2.45) is 0 Å². The first-order chi connectivity index (χ1) is 14.1. The highest BCUT2D eigenvalue weighted by atomic mass is 35.5. The maximum atomic E-state index is 12.8. The summed E-state index contributed by atoms with van der Waals surface area (Å²) in [6.07, 6.45) is 4.65. The average Bonchev–Trinajstić information content (AvgIpc) is 3.16. The molecule has 0 saturated heterocycles. The molecule has 3 aromatic heterocycles. The number of methoxy groups -OCH3 is 1. The second kappa shape index (κ2) is 7.98. The summed E-state index contributed by atoms with van der Waals surface area (Å²) in [4.78, 5) is 33.5. The molecule has 8 nitrogen and oxygen atoms in total. The first kappa shape index (κ1) is 19.0. The Morgan fingerprint density at radius 3 is 2.79 bits per heavy atom. The van der Waals surface area contributed by atoms with Gasteiger partial charge in [0.25, 0.3) is 5.56 Å². The maximum Gasteiger partial charge on any atom is 0.273 e. The van der Waals surface area contributed by atoms with E-state index < -0.39 is 0 Å². The molecule has 0 aliphatic rings. The predicted octanol–water partition coefficient (Wildman–Crippen LogP) is 3.22. The van der Waals surface area contributed by atoms with Crippen molar-refractivity contribution in [3.05, 3.63) is 64.4 Å². The zero-order valence-electron chi connectivity index (χ0n) is 15.1. The number of rotatable bonds is 5. The molecule has 10 heteroatoms. The third-order valence-corrected chi connectivity index (χ3v) is 5.27. The molecule has 3 heterocycles. The lowest BCUT2D eigenvalue weighted by atomic mass is 10.2. The molecule has 146 valence electrons. The molecule has 0 atom stereocenters. The van der Waals surface area contributed by atoms with Crippen LogP contribution in [0.3, 0.4) is 0 Å². The molecule has 0 unspecified atom stereocenters. The van der Waals surface area contributed by atoms with Gasteiger partial charge in [0.1, 0.15) is 28.2 Å². The third-order valence-electron chi connectivity index (χ3n) is 4.15. The number of pyridine rings is 1. The van der Waals surface area contributed by atoms with Crippen molar-refractivity contribution in [3.8, 4) is 17.0 Å². The Morgan fingerprint density at radius 1 is 1.28 bits per heavy atom. The lowest BCUT2D eigenvalue weighted by molar-refractivity contribution is -0.116. The Hall–Kier alpha value is -3.30. The van der Waals surface area contributed by atoms with Gasteiger partial charge >= 0.3 is 0 Å². The number of nitrogens with zero attached hydrogens (tertiary/aromatic N) is 4. The van der Waals surface area contributed by atoms with Crippen LogP contribution < -0.4 is 15.6 Å². The smallest absolute Gasteiger partial charge is 0.273 e. The van der Waals surface area contributed by atoms with E-state index in [1.165, 1.54) is 18.0 Å². The van der Waals surface area contributed by atoms with Crippen molar-refractivity contribution in [2.75, 3.05) is 12.4 Å². The molecular formula is C19H14ClN5O3S. The Morgan fingerprint density at radius 2 is 2.07 bits per heavy atom. The number of anilines is 1. The van der Waals surface area contributed by atoms with E-state index in [4.69, 9.17) is 16.3 Å². The third kappa shape index (κ3) is 3.82. The first-order valence-electron chi connectivity index (χ1n) is 8.45. The first-order valence-corrected chi connectivity index (χ1v) is 9.60. The van der Waals surface area contributed by atoms with Gasteiger partial charge in [-0.1, -0.05) is 11.6 Å². The van der Waals surface area contributed by atoms with Crippen LogP contribution in [0.1, 0.15) is 0 Å². The Kier molecular flexibility index (Phi) is 5.24. The van der Waals surface area contributed by atoms with Crippen LogP contribution in [-0.4, -0.2) is 31.9 Å². The molecule has 0 radical (unpaired) electrons. The van der Waals surface area contributed by atoms with Crippen LogP contribution in [0.5, 0.6) is 5.75 Å². The SMILES string of the molecule is COc1ccc(NC(=O)Cn2cnc3c(-c4ccncc4)nsc3c2=O)cc1Cl. The minimum atomic E-state index is -0.381. The molecular weight excluding hydrogens is 414 g/mol. The summed E-state index contributed by atoms with van der Waals surface area (Å²) in [6.45, 7) is -0.187. The fraction of sp³-hybridized carbons (Fsp3) is 0.105. The second-order valence-corrected chi connectivity index (χ2v) is 7.20. The molecule has 1 N–H and O–H groups in total. The molecule has 0 bridgehead atoms. The predicted molar refractivity (Wildman–Crippen MR) is 112 cm³/mol. The van der Waals surface area contributed by atoms with Crippen molar-refractivity contribution in [2.45, 2.75) is 6.54 Å². The molecule has 1 amide bonds. The van der Waals surface area contributed by atoms with Gasteiger partial charge in [-0.15, -0.1) is 0 Å². The zero-order valence-corrected chi connectivity index (χ0v) is 16.7. The van der Waals surface area contributed by atoms with Gasteiger partial charge in [0.15, 0.2) is 0 Å². The van der Waals surface area contributed by atoms with Gasteiger partial charge in [0.05, 0.1) is 18.5 Å². The highest BCUT2D eigenvalue weighted by Gasteiger charge is 2.15. The number of hydrogen-bond donors (Lipinski definition) is 1. The van der Waals surface area contributed by atoms with E-state index >= 15 is 0 Å². The van der Waals surface area contributed by atoms with Crippen LogP contribution in [0.2, 0.25) is 5.02 Å². The van der Waals surface area contributed by atoms with Crippen LogP contribution >= 0.6 is 23.1 Å². The molecule has 4 aromatic rings.